The van der Waals surface area contributed by atoms with Crippen LogP contribution in [0.25, 0.3) is 10.9 Å². The topological polar surface area (TPSA) is 74.8 Å². The van der Waals surface area contributed by atoms with Crippen LogP contribution in [0.5, 0.6) is 0 Å². The van der Waals surface area contributed by atoms with Crippen LogP contribution in [-0.2, 0) is 22.9 Å². The molecule has 0 unspecified atom stereocenters. The van der Waals surface area contributed by atoms with Crippen LogP contribution in [-0.4, -0.2) is 25.2 Å². The largest absolute Gasteiger partial charge is 0.278 e. The Hall–Kier alpha value is -2.18. The lowest BCUT2D eigenvalue weighted by atomic mass is 10.1. The molecular weight excluding hydrogens is 322 g/mol. The van der Waals surface area contributed by atoms with Crippen molar-refractivity contribution >= 4 is 20.9 Å². The van der Waals surface area contributed by atoms with Gasteiger partial charge >= 0.3 is 0 Å². The number of sulfonamides is 1. The first-order valence-corrected chi connectivity index (χ1v) is 9.57. The zero-order chi connectivity index (χ0) is 17.0. The number of hydrogen-bond donors (Lipinski definition) is 2. The van der Waals surface area contributed by atoms with Crippen molar-refractivity contribution in [3.05, 3.63) is 59.8 Å². The number of aryl methyl sites for hydroxylation is 2. The van der Waals surface area contributed by atoms with Gasteiger partial charge in [0.25, 0.3) is 0 Å². The molecule has 0 aliphatic carbocycles. The number of H-pyrrole nitrogens is 1. The van der Waals surface area contributed by atoms with Gasteiger partial charge in [0.1, 0.15) is 0 Å². The second-order valence-electron chi connectivity index (χ2n) is 5.79. The maximum absolute atomic E-state index is 12.4. The monoisotopic (exact) mass is 343 g/mol. The summed E-state index contributed by atoms with van der Waals surface area (Å²) in [6.07, 6.45) is 4.27. The Labute approximate surface area is 142 Å². The Kier molecular flexibility index (Phi) is 4.97. The molecule has 1 aromatic heterocycles. The minimum absolute atomic E-state index is 0.267. The summed E-state index contributed by atoms with van der Waals surface area (Å²) in [5.74, 6) is 0. The van der Waals surface area contributed by atoms with E-state index in [-0.39, 0.29) is 4.90 Å². The number of rotatable bonds is 7. The van der Waals surface area contributed by atoms with E-state index in [0.717, 1.165) is 30.2 Å². The summed E-state index contributed by atoms with van der Waals surface area (Å²) >= 11 is 0. The van der Waals surface area contributed by atoms with Crippen LogP contribution in [0.3, 0.4) is 0 Å². The molecule has 0 atom stereocenters. The molecular formula is C18H21N3O2S. The van der Waals surface area contributed by atoms with E-state index in [1.165, 1.54) is 11.1 Å². The lowest BCUT2D eigenvalue weighted by Gasteiger charge is -2.07. The lowest BCUT2D eigenvalue weighted by molar-refractivity contribution is 0.579. The van der Waals surface area contributed by atoms with Gasteiger partial charge in [-0.15, -0.1) is 0 Å². The Bertz CT molecular complexity index is 915. The van der Waals surface area contributed by atoms with E-state index >= 15 is 0 Å². The molecule has 0 saturated carbocycles. The summed E-state index contributed by atoms with van der Waals surface area (Å²) in [6, 6.07) is 13.4. The third kappa shape index (κ3) is 3.83. The quantitative estimate of drug-likeness (QED) is 0.648. The summed E-state index contributed by atoms with van der Waals surface area (Å²) in [7, 11) is -3.49. The molecule has 6 heteroatoms. The lowest BCUT2D eigenvalue weighted by Crippen LogP contribution is -2.25. The molecule has 2 aromatic carbocycles. The molecule has 126 valence electrons. The van der Waals surface area contributed by atoms with Gasteiger partial charge in [-0.1, -0.05) is 31.2 Å². The molecule has 0 fully saturated rings. The summed E-state index contributed by atoms with van der Waals surface area (Å²) in [6.45, 7) is 2.55. The van der Waals surface area contributed by atoms with E-state index in [9.17, 15) is 8.42 Å². The van der Waals surface area contributed by atoms with Crippen molar-refractivity contribution < 1.29 is 8.42 Å². The highest BCUT2D eigenvalue weighted by atomic mass is 32.2. The van der Waals surface area contributed by atoms with Crippen molar-refractivity contribution in [3.8, 4) is 0 Å². The average Bonchev–Trinajstić information content (AvgIpc) is 3.07. The van der Waals surface area contributed by atoms with Gasteiger partial charge in [-0.05, 0) is 48.6 Å². The van der Waals surface area contributed by atoms with Crippen molar-refractivity contribution in [1.29, 1.82) is 0 Å². The Morgan fingerprint density at radius 3 is 2.58 bits per heavy atom. The molecule has 3 rings (SSSR count). The van der Waals surface area contributed by atoms with Crippen LogP contribution in [0.15, 0.2) is 53.6 Å². The van der Waals surface area contributed by atoms with E-state index in [0.29, 0.717) is 6.54 Å². The Morgan fingerprint density at radius 2 is 1.83 bits per heavy atom. The maximum atomic E-state index is 12.4. The maximum Gasteiger partial charge on any atom is 0.240 e. The van der Waals surface area contributed by atoms with Crippen LogP contribution >= 0.6 is 0 Å². The predicted octanol–water partition coefficient (Wildman–Crippen LogP) is 3.04. The smallest absolute Gasteiger partial charge is 0.240 e. The fourth-order valence-electron chi connectivity index (χ4n) is 2.61. The molecule has 2 N–H and O–H groups in total. The van der Waals surface area contributed by atoms with Crippen molar-refractivity contribution in [2.75, 3.05) is 6.54 Å². The molecule has 0 aliphatic heterocycles. The molecule has 0 aliphatic rings. The molecule has 24 heavy (non-hydrogen) atoms. The Balaban J connectivity index is 1.56. The van der Waals surface area contributed by atoms with Gasteiger partial charge in [-0.3, -0.25) is 5.10 Å². The highest BCUT2D eigenvalue weighted by Gasteiger charge is 2.14. The number of hydrogen-bond acceptors (Lipinski definition) is 3. The zero-order valence-corrected chi connectivity index (χ0v) is 14.4. The second kappa shape index (κ2) is 7.15. The van der Waals surface area contributed by atoms with E-state index in [1.54, 1.807) is 24.4 Å². The number of fused-ring (bicyclic) bond motifs is 1. The van der Waals surface area contributed by atoms with Gasteiger partial charge in [0.2, 0.25) is 10.0 Å². The van der Waals surface area contributed by atoms with Crippen LogP contribution < -0.4 is 4.72 Å². The molecule has 1 heterocycles. The molecule has 0 spiro atoms. The highest BCUT2D eigenvalue weighted by Crippen LogP contribution is 2.16. The van der Waals surface area contributed by atoms with Crippen LogP contribution in [0.4, 0.5) is 0 Å². The number of nitrogens with one attached hydrogen (secondary N) is 2. The third-order valence-electron chi connectivity index (χ3n) is 4.09. The van der Waals surface area contributed by atoms with Gasteiger partial charge < -0.3 is 0 Å². The van der Waals surface area contributed by atoms with Crippen LogP contribution in [0, 0.1) is 0 Å². The second-order valence-corrected chi connectivity index (χ2v) is 7.56. The Morgan fingerprint density at radius 1 is 1.08 bits per heavy atom. The van der Waals surface area contributed by atoms with Gasteiger partial charge in [0, 0.05) is 11.9 Å². The fourth-order valence-corrected chi connectivity index (χ4v) is 3.72. The molecule has 5 nitrogen and oxygen atoms in total. The predicted molar refractivity (Wildman–Crippen MR) is 95.4 cm³/mol. The molecule has 0 bridgehead atoms. The number of nitrogens with zero attached hydrogens (tertiary/aromatic N) is 1. The average molecular weight is 343 g/mol. The van der Waals surface area contributed by atoms with E-state index < -0.39 is 10.0 Å². The van der Waals surface area contributed by atoms with E-state index in [1.807, 2.05) is 0 Å². The SMILES string of the molecule is CCc1ccc(CCCNS(=O)(=O)c2ccc3[nH]ncc3c2)cc1. The first-order chi connectivity index (χ1) is 11.6. The van der Waals surface area contributed by atoms with Gasteiger partial charge in [-0.25, -0.2) is 13.1 Å². The van der Waals surface area contributed by atoms with Crippen LogP contribution in [0.2, 0.25) is 0 Å². The minimum atomic E-state index is -3.49. The molecule has 0 saturated heterocycles. The highest BCUT2D eigenvalue weighted by molar-refractivity contribution is 7.89. The number of aromatic nitrogens is 2. The first kappa shape index (κ1) is 16.7. The number of benzene rings is 2. The van der Waals surface area contributed by atoms with Gasteiger partial charge in [-0.2, -0.15) is 5.10 Å². The summed E-state index contributed by atoms with van der Waals surface area (Å²) in [5, 5.41) is 7.50. The standard InChI is InChI=1S/C18H21N3O2S/c1-2-14-5-7-15(8-6-14)4-3-11-20-24(22,23)17-9-10-18-16(12-17)13-19-21-18/h5-10,12-13,20H,2-4,11H2,1H3,(H,19,21). The van der Waals surface area contributed by atoms with E-state index in [4.69, 9.17) is 0 Å². The van der Waals surface area contributed by atoms with Gasteiger partial charge in [0.05, 0.1) is 16.6 Å². The van der Waals surface area contributed by atoms with Gasteiger partial charge in [0.15, 0.2) is 0 Å². The molecule has 0 amide bonds. The van der Waals surface area contributed by atoms with Crippen molar-refractivity contribution in [1.82, 2.24) is 14.9 Å². The van der Waals surface area contributed by atoms with Crippen molar-refractivity contribution in [3.63, 3.8) is 0 Å². The molecule has 0 radical (unpaired) electrons. The van der Waals surface area contributed by atoms with Crippen LogP contribution in [0.1, 0.15) is 24.5 Å². The van der Waals surface area contributed by atoms with E-state index in [2.05, 4.69) is 46.1 Å². The summed E-state index contributed by atoms with van der Waals surface area (Å²) in [4.78, 5) is 0.267. The normalized spacial score (nSPS) is 11.9. The summed E-state index contributed by atoms with van der Waals surface area (Å²) < 4.78 is 27.4. The fraction of sp³-hybridized carbons (Fsp3) is 0.278. The number of aromatic amines is 1. The van der Waals surface area contributed by atoms with Crippen molar-refractivity contribution in [2.24, 2.45) is 0 Å². The first-order valence-electron chi connectivity index (χ1n) is 8.09. The zero-order valence-electron chi connectivity index (χ0n) is 13.6. The van der Waals surface area contributed by atoms with Crippen molar-refractivity contribution in [2.45, 2.75) is 31.1 Å². The third-order valence-corrected chi connectivity index (χ3v) is 5.55. The molecule has 3 aromatic rings. The summed E-state index contributed by atoms with van der Waals surface area (Å²) in [5.41, 5.74) is 3.37. The minimum Gasteiger partial charge on any atom is -0.278 e.